The van der Waals surface area contributed by atoms with E-state index >= 15 is 0 Å². The van der Waals surface area contributed by atoms with Crippen molar-refractivity contribution in [3.63, 3.8) is 0 Å². The van der Waals surface area contributed by atoms with E-state index in [4.69, 9.17) is 9.47 Å². The molecule has 0 aliphatic heterocycles. The fourth-order valence-corrected chi connectivity index (χ4v) is 1.20. The van der Waals surface area contributed by atoms with Gasteiger partial charge in [-0.1, -0.05) is 20.3 Å². The third-order valence-corrected chi connectivity index (χ3v) is 2.64. The normalized spacial score (nSPS) is 13.9. The molecule has 0 radical (unpaired) electrons. The molecule has 0 spiro atoms. The monoisotopic (exact) mass is 230 g/mol. The first-order chi connectivity index (χ1) is 7.61. The Morgan fingerprint density at radius 2 is 2.06 bits per heavy atom. The van der Waals surface area contributed by atoms with E-state index in [1.807, 2.05) is 20.8 Å². The van der Waals surface area contributed by atoms with Crippen molar-refractivity contribution in [2.24, 2.45) is 5.92 Å². The molecule has 0 N–H and O–H groups in total. The zero-order chi connectivity index (χ0) is 12.4. The van der Waals surface area contributed by atoms with Crippen LogP contribution in [0.4, 0.5) is 0 Å². The number of esters is 1. The van der Waals surface area contributed by atoms with Crippen LogP contribution in [-0.4, -0.2) is 25.2 Å². The lowest BCUT2D eigenvalue weighted by Gasteiger charge is -2.17. The van der Waals surface area contributed by atoms with Crippen LogP contribution >= 0.6 is 0 Å². The molecule has 0 aromatic rings. The summed E-state index contributed by atoms with van der Waals surface area (Å²) in [6, 6.07) is 0. The van der Waals surface area contributed by atoms with E-state index in [0.29, 0.717) is 25.9 Å². The summed E-state index contributed by atoms with van der Waals surface area (Å²) < 4.78 is 9.83. The average Bonchev–Trinajstić information content (AvgIpc) is 2.26. The molecule has 94 valence electrons. The SMILES string of the molecule is CCCCOC(=O)CCC(C)C(C)OC=O. The first-order valence-corrected chi connectivity index (χ1v) is 5.86. The van der Waals surface area contributed by atoms with Crippen LogP contribution in [0.1, 0.15) is 46.5 Å². The van der Waals surface area contributed by atoms with Crippen molar-refractivity contribution in [1.29, 1.82) is 0 Å². The largest absolute Gasteiger partial charge is 0.466 e. The number of ether oxygens (including phenoxy) is 2. The summed E-state index contributed by atoms with van der Waals surface area (Å²) in [7, 11) is 0. The summed E-state index contributed by atoms with van der Waals surface area (Å²) >= 11 is 0. The van der Waals surface area contributed by atoms with Crippen LogP contribution in [0.25, 0.3) is 0 Å². The standard InChI is InChI=1S/C12H22O4/c1-4-5-8-15-12(14)7-6-10(2)11(3)16-9-13/h9-11H,4-8H2,1-3H3. The second-order valence-corrected chi connectivity index (χ2v) is 4.03. The Morgan fingerprint density at radius 3 is 2.62 bits per heavy atom. The molecule has 4 heteroatoms. The summed E-state index contributed by atoms with van der Waals surface area (Å²) in [6.07, 6.45) is 2.85. The van der Waals surface area contributed by atoms with Gasteiger partial charge < -0.3 is 9.47 Å². The predicted octanol–water partition coefficient (Wildman–Crippen LogP) is 2.31. The molecule has 0 aliphatic carbocycles. The van der Waals surface area contributed by atoms with Crippen LogP contribution in [0.15, 0.2) is 0 Å². The highest BCUT2D eigenvalue weighted by Crippen LogP contribution is 2.13. The van der Waals surface area contributed by atoms with E-state index in [9.17, 15) is 9.59 Å². The Hall–Kier alpha value is -1.06. The van der Waals surface area contributed by atoms with E-state index in [0.717, 1.165) is 12.8 Å². The third-order valence-electron chi connectivity index (χ3n) is 2.64. The number of unbranched alkanes of at least 4 members (excludes halogenated alkanes) is 1. The Labute approximate surface area is 97.3 Å². The Kier molecular flexibility index (Phi) is 8.58. The topological polar surface area (TPSA) is 52.6 Å². The van der Waals surface area contributed by atoms with Crippen LogP contribution in [0.2, 0.25) is 0 Å². The first-order valence-electron chi connectivity index (χ1n) is 5.86. The van der Waals surface area contributed by atoms with Gasteiger partial charge in [0.15, 0.2) is 0 Å². The van der Waals surface area contributed by atoms with E-state index in [1.165, 1.54) is 0 Å². The van der Waals surface area contributed by atoms with Gasteiger partial charge in [-0.25, -0.2) is 0 Å². The quantitative estimate of drug-likeness (QED) is 0.346. The molecule has 4 nitrogen and oxygen atoms in total. The fraction of sp³-hybridized carbons (Fsp3) is 0.833. The molecule has 0 saturated carbocycles. The number of carbonyl (C=O) groups excluding carboxylic acids is 2. The molecule has 2 unspecified atom stereocenters. The minimum Gasteiger partial charge on any atom is -0.466 e. The van der Waals surface area contributed by atoms with Gasteiger partial charge in [-0.15, -0.1) is 0 Å². The Bertz CT molecular complexity index is 203. The second-order valence-electron chi connectivity index (χ2n) is 4.03. The smallest absolute Gasteiger partial charge is 0.305 e. The molecule has 0 bridgehead atoms. The van der Waals surface area contributed by atoms with Crippen molar-refractivity contribution in [3.8, 4) is 0 Å². The molecule has 0 saturated heterocycles. The van der Waals surface area contributed by atoms with Gasteiger partial charge in [0.2, 0.25) is 0 Å². The Morgan fingerprint density at radius 1 is 1.38 bits per heavy atom. The number of carbonyl (C=O) groups is 2. The maximum Gasteiger partial charge on any atom is 0.305 e. The summed E-state index contributed by atoms with van der Waals surface area (Å²) in [5.74, 6) is 0.00234. The van der Waals surface area contributed by atoms with Crippen molar-refractivity contribution >= 4 is 12.4 Å². The van der Waals surface area contributed by atoms with E-state index in [1.54, 1.807) is 0 Å². The third kappa shape index (κ3) is 7.26. The second kappa shape index (κ2) is 9.19. The summed E-state index contributed by atoms with van der Waals surface area (Å²) in [4.78, 5) is 21.4. The van der Waals surface area contributed by atoms with Crippen LogP contribution in [-0.2, 0) is 19.1 Å². The maximum atomic E-state index is 11.3. The van der Waals surface area contributed by atoms with Crippen LogP contribution < -0.4 is 0 Å². The zero-order valence-corrected chi connectivity index (χ0v) is 10.4. The lowest BCUT2D eigenvalue weighted by atomic mass is 10.0. The lowest BCUT2D eigenvalue weighted by molar-refractivity contribution is -0.144. The van der Waals surface area contributed by atoms with Gasteiger partial charge in [0.25, 0.3) is 6.47 Å². The highest BCUT2D eigenvalue weighted by atomic mass is 16.5. The average molecular weight is 230 g/mol. The molecule has 0 aliphatic rings. The molecule has 0 fully saturated rings. The molecular weight excluding hydrogens is 208 g/mol. The minimum absolute atomic E-state index is 0.152. The van der Waals surface area contributed by atoms with Crippen LogP contribution in [0.5, 0.6) is 0 Å². The minimum atomic E-state index is -0.168. The van der Waals surface area contributed by atoms with Crippen LogP contribution in [0.3, 0.4) is 0 Å². The predicted molar refractivity (Wildman–Crippen MR) is 60.9 cm³/mol. The number of rotatable bonds is 9. The van der Waals surface area contributed by atoms with Crippen LogP contribution in [0, 0.1) is 5.92 Å². The summed E-state index contributed by atoms with van der Waals surface area (Å²) in [5.41, 5.74) is 0. The molecule has 0 heterocycles. The molecule has 0 amide bonds. The van der Waals surface area contributed by atoms with Crippen molar-refractivity contribution in [2.45, 2.75) is 52.6 Å². The molecule has 0 rings (SSSR count). The number of hydrogen-bond acceptors (Lipinski definition) is 4. The molecule has 2 atom stereocenters. The molecular formula is C12H22O4. The fourth-order valence-electron chi connectivity index (χ4n) is 1.20. The first kappa shape index (κ1) is 14.9. The zero-order valence-electron chi connectivity index (χ0n) is 10.4. The van der Waals surface area contributed by atoms with E-state index in [2.05, 4.69) is 0 Å². The van der Waals surface area contributed by atoms with Gasteiger partial charge in [-0.05, 0) is 25.7 Å². The van der Waals surface area contributed by atoms with Gasteiger partial charge in [0.1, 0.15) is 6.10 Å². The molecule has 16 heavy (non-hydrogen) atoms. The van der Waals surface area contributed by atoms with Crippen molar-refractivity contribution in [2.75, 3.05) is 6.61 Å². The highest BCUT2D eigenvalue weighted by molar-refractivity contribution is 5.69. The maximum absolute atomic E-state index is 11.3. The van der Waals surface area contributed by atoms with Crippen molar-refractivity contribution < 1.29 is 19.1 Å². The molecule has 0 aromatic carbocycles. The van der Waals surface area contributed by atoms with Crippen molar-refractivity contribution in [1.82, 2.24) is 0 Å². The van der Waals surface area contributed by atoms with E-state index in [-0.39, 0.29) is 18.0 Å². The van der Waals surface area contributed by atoms with Gasteiger partial charge >= 0.3 is 5.97 Å². The van der Waals surface area contributed by atoms with Crippen molar-refractivity contribution in [3.05, 3.63) is 0 Å². The number of hydrogen-bond donors (Lipinski definition) is 0. The Balaban J connectivity index is 3.61. The highest BCUT2D eigenvalue weighted by Gasteiger charge is 2.14. The van der Waals surface area contributed by atoms with Gasteiger partial charge in [0.05, 0.1) is 6.61 Å². The molecule has 0 aromatic heterocycles. The lowest BCUT2D eigenvalue weighted by Crippen LogP contribution is -2.19. The summed E-state index contributed by atoms with van der Waals surface area (Å²) in [5, 5.41) is 0. The van der Waals surface area contributed by atoms with Gasteiger partial charge in [-0.2, -0.15) is 0 Å². The van der Waals surface area contributed by atoms with Gasteiger partial charge in [-0.3, -0.25) is 9.59 Å². The van der Waals surface area contributed by atoms with Gasteiger partial charge in [0, 0.05) is 6.42 Å². The van der Waals surface area contributed by atoms with E-state index < -0.39 is 0 Å². The summed E-state index contributed by atoms with van der Waals surface area (Å²) in [6.45, 7) is 6.77.